The van der Waals surface area contributed by atoms with E-state index in [1.54, 1.807) is 18.2 Å². The second-order valence-electron chi connectivity index (χ2n) is 8.42. The topological polar surface area (TPSA) is 66.8 Å². The fraction of sp³-hybridized carbons (Fsp3) is 0.185. The Balaban J connectivity index is 1.62. The van der Waals surface area contributed by atoms with Crippen molar-refractivity contribution in [2.75, 3.05) is 0 Å². The standard InChI is InChI=1S/C27H22FNO4/c1-16-13-20-14-19(9-12-22(20)33-16)25(30)23-24(18-7-10-21(28)11-8-18)29(27(32)26(23)31)15-17-5-3-2-4-6-17/h2-12,14,16,24,30H,13,15H2,1H3/t16-,24+/m1/s1. The van der Waals surface area contributed by atoms with E-state index in [0.717, 1.165) is 16.9 Å². The van der Waals surface area contributed by atoms with Crippen LogP contribution in [0.2, 0.25) is 0 Å². The molecule has 3 aromatic rings. The van der Waals surface area contributed by atoms with Crippen LogP contribution < -0.4 is 4.74 Å². The van der Waals surface area contributed by atoms with Crippen molar-refractivity contribution < 1.29 is 23.8 Å². The molecule has 2 aliphatic heterocycles. The third kappa shape index (κ3) is 3.78. The summed E-state index contributed by atoms with van der Waals surface area (Å²) in [6.45, 7) is 2.14. The molecule has 0 aromatic heterocycles. The number of halogens is 1. The van der Waals surface area contributed by atoms with Crippen LogP contribution in [0.5, 0.6) is 5.75 Å². The van der Waals surface area contributed by atoms with Crippen molar-refractivity contribution in [3.8, 4) is 5.75 Å². The Bertz CT molecular complexity index is 1270. The molecular formula is C27H22FNO4. The summed E-state index contributed by atoms with van der Waals surface area (Å²) < 4.78 is 19.4. The number of hydrogen-bond donors (Lipinski definition) is 1. The minimum atomic E-state index is -0.839. The summed E-state index contributed by atoms with van der Waals surface area (Å²) in [6.07, 6.45) is 0.730. The smallest absolute Gasteiger partial charge is 0.295 e. The number of Topliss-reactive ketones (excluding diaryl/α,β-unsaturated/α-hetero) is 1. The van der Waals surface area contributed by atoms with Gasteiger partial charge in [0, 0.05) is 18.5 Å². The normalized spacial score (nSPS) is 21.2. The van der Waals surface area contributed by atoms with Crippen LogP contribution >= 0.6 is 0 Å². The number of hydrogen-bond acceptors (Lipinski definition) is 4. The zero-order valence-electron chi connectivity index (χ0n) is 18.0. The molecule has 2 aliphatic rings. The molecule has 2 atom stereocenters. The van der Waals surface area contributed by atoms with E-state index in [1.807, 2.05) is 37.3 Å². The van der Waals surface area contributed by atoms with Gasteiger partial charge in [-0.3, -0.25) is 9.59 Å². The fourth-order valence-electron chi connectivity index (χ4n) is 4.54. The number of fused-ring (bicyclic) bond motifs is 1. The van der Waals surface area contributed by atoms with Crippen molar-refractivity contribution in [2.45, 2.75) is 32.0 Å². The Morgan fingerprint density at radius 2 is 1.79 bits per heavy atom. The first-order valence-corrected chi connectivity index (χ1v) is 10.8. The van der Waals surface area contributed by atoms with Gasteiger partial charge in [0.2, 0.25) is 0 Å². The van der Waals surface area contributed by atoms with E-state index >= 15 is 0 Å². The van der Waals surface area contributed by atoms with Crippen molar-refractivity contribution in [1.29, 1.82) is 0 Å². The van der Waals surface area contributed by atoms with E-state index in [9.17, 15) is 19.1 Å². The van der Waals surface area contributed by atoms with Gasteiger partial charge in [-0.15, -0.1) is 0 Å². The molecule has 2 heterocycles. The maximum atomic E-state index is 13.6. The highest BCUT2D eigenvalue weighted by Crippen LogP contribution is 2.41. The third-order valence-corrected chi connectivity index (χ3v) is 6.09. The van der Waals surface area contributed by atoms with Gasteiger partial charge < -0.3 is 14.7 Å². The average molecular weight is 443 g/mol. The van der Waals surface area contributed by atoms with Crippen molar-refractivity contribution in [3.05, 3.63) is 106 Å². The maximum Gasteiger partial charge on any atom is 0.295 e. The average Bonchev–Trinajstić information content (AvgIpc) is 3.31. The number of aliphatic hydroxyl groups excluding tert-OH is 1. The molecule has 1 N–H and O–H groups in total. The molecule has 5 nitrogen and oxygen atoms in total. The van der Waals surface area contributed by atoms with E-state index < -0.39 is 23.5 Å². The molecule has 1 saturated heterocycles. The third-order valence-electron chi connectivity index (χ3n) is 6.09. The quantitative estimate of drug-likeness (QED) is 0.358. The zero-order valence-corrected chi connectivity index (χ0v) is 18.0. The van der Waals surface area contributed by atoms with E-state index in [2.05, 4.69) is 0 Å². The predicted octanol–water partition coefficient (Wildman–Crippen LogP) is 4.77. The van der Waals surface area contributed by atoms with Gasteiger partial charge in [0.15, 0.2) is 0 Å². The lowest BCUT2D eigenvalue weighted by molar-refractivity contribution is -0.140. The number of carbonyl (C=O) groups excluding carboxylic acids is 2. The molecule has 0 bridgehead atoms. The highest BCUT2D eigenvalue weighted by Gasteiger charge is 2.46. The minimum Gasteiger partial charge on any atom is -0.507 e. The fourth-order valence-corrected chi connectivity index (χ4v) is 4.54. The number of carbonyl (C=O) groups is 2. The molecule has 0 aliphatic carbocycles. The maximum absolute atomic E-state index is 13.6. The molecule has 1 amide bonds. The highest BCUT2D eigenvalue weighted by atomic mass is 19.1. The summed E-state index contributed by atoms with van der Waals surface area (Å²) in [6, 6.07) is 19.3. The lowest BCUT2D eigenvalue weighted by Crippen LogP contribution is -2.29. The molecule has 33 heavy (non-hydrogen) atoms. The number of rotatable bonds is 4. The molecule has 1 fully saturated rings. The van der Waals surface area contributed by atoms with Crippen LogP contribution in [0.1, 0.15) is 35.2 Å². The monoisotopic (exact) mass is 443 g/mol. The van der Waals surface area contributed by atoms with E-state index in [4.69, 9.17) is 4.74 Å². The van der Waals surface area contributed by atoms with Gasteiger partial charge in [0.1, 0.15) is 23.4 Å². The number of amides is 1. The van der Waals surface area contributed by atoms with Crippen LogP contribution in [0.3, 0.4) is 0 Å². The van der Waals surface area contributed by atoms with Gasteiger partial charge in [-0.2, -0.15) is 0 Å². The Kier molecular flexibility index (Phi) is 5.21. The molecule has 166 valence electrons. The summed E-state index contributed by atoms with van der Waals surface area (Å²) in [4.78, 5) is 27.6. The van der Waals surface area contributed by atoms with Crippen LogP contribution in [0, 0.1) is 5.82 Å². The van der Waals surface area contributed by atoms with Crippen LogP contribution in [0.15, 0.2) is 78.4 Å². The SMILES string of the molecule is C[C@@H]1Cc2cc(C(O)=C3C(=O)C(=O)N(Cc4ccccc4)[C@H]3c3ccc(F)cc3)ccc2O1. The largest absolute Gasteiger partial charge is 0.507 e. The number of likely N-dealkylation sites (tertiary alicyclic amines) is 1. The van der Waals surface area contributed by atoms with Crippen molar-refractivity contribution >= 4 is 17.4 Å². The zero-order chi connectivity index (χ0) is 23.1. The second-order valence-corrected chi connectivity index (χ2v) is 8.42. The predicted molar refractivity (Wildman–Crippen MR) is 121 cm³/mol. The van der Waals surface area contributed by atoms with Crippen LogP contribution in [-0.4, -0.2) is 27.8 Å². The first-order chi connectivity index (χ1) is 15.9. The highest BCUT2D eigenvalue weighted by molar-refractivity contribution is 6.46. The van der Waals surface area contributed by atoms with Crippen molar-refractivity contribution in [2.24, 2.45) is 0 Å². The van der Waals surface area contributed by atoms with Gasteiger partial charge in [0.05, 0.1) is 11.6 Å². The lowest BCUT2D eigenvalue weighted by atomic mass is 9.94. The Labute approximate surface area is 190 Å². The molecule has 0 spiro atoms. The van der Waals surface area contributed by atoms with Gasteiger partial charge in [-0.1, -0.05) is 42.5 Å². The van der Waals surface area contributed by atoms with Crippen molar-refractivity contribution in [3.63, 3.8) is 0 Å². The van der Waals surface area contributed by atoms with Crippen LogP contribution in [0.4, 0.5) is 4.39 Å². The number of aliphatic hydroxyl groups is 1. The van der Waals surface area contributed by atoms with Gasteiger partial charge in [0.25, 0.3) is 11.7 Å². The second kappa shape index (κ2) is 8.20. The van der Waals surface area contributed by atoms with E-state index in [-0.39, 0.29) is 24.0 Å². The number of benzene rings is 3. The Morgan fingerprint density at radius 3 is 2.52 bits per heavy atom. The van der Waals surface area contributed by atoms with Crippen molar-refractivity contribution in [1.82, 2.24) is 4.90 Å². The van der Waals surface area contributed by atoms with Gasteiger partial charge in [-0.05, 0) is 53.9 Å². The van der Waals surface area contributed by atoms with Gasteiger partial charge >= 0.3 is 0 Å². The van der Waals surface area contributed by atoms with Crippen LogP contribution in [0.25, 0.3) is 5.76 Å². The minimum absolute atomic E-state index is 0.00514. The first-order valence-electron chi connectivity index (χ1n) is 10.8. The molecule has 5 rings (SSSR count). The molecule has 3 aromatic carbocycles. The summed E-state index contributed by atoms with van der Waals surface area (Å²) in [5.41, 5.74) is 2.76. The summed E-state index contributed by atoms with van der Waals surface area (Å²) in [5.74, 6) is -1.39. The number of ether oxygens (including phenoxy) is 1. The molecule has 0 unspecified atom stereocenters. The Morgan fingerprint density at radius 1 is 1.06 bits per heavy atom. The number of ketones is 1. The van der Waals surface area contributed by atoms with Gasteiger partial charge in [-0.25, -0.2) is 4.39 Å². The molecule has 0 radical (unpaired) electrons. The van der Waals surface area contributed by atoms with E-state index in [0.29, 0.717) is 17.5 Å². The van der Waals surface area contributed by atoms with E-state index in [1.165, 1.54) is 29.2 Å². The first kappa shape index (κ1) is 20.9. The summed E-state index contributed by atoms with van der Waals surface area (Å²) >= 11 is 0. The summed E-state index contributed by atoms with van der Waals surface area (Å²) in [5, 5.41) is 11.2. The van der Waals surface area contributed by atoms with Crippen LogP contribution in [-0.2, 0) is 22.6 Å². The Hall–Kier alpha value is -3.93. The molecule has 0 saturated carbocycles. The molecule has 6 heteroatoms. The number of nitrogens with zero attached hydrogens (tertiary/aromatic N) is 1. The summed E-state index contributed by atoms with van der Waals surface area (Å²) in [7, 11) is 0. The molecular weight excluding hydrogens is 421 g/mol. The lowest BCUT2D eigenvalue weighted by Gasteiger charge is -2.25.